The molecule has 0 saturated heterocycles. The minimum atomic E-state index is -1.63. The van der Waals surface area contributed by atoms with E-state index in [1.807, 2.05) is 21.1 Å². The SMILES string of the molecule is CC/C=C\C/C=C\C/C=C\C/C=C\C/C=C\C/C=C\CCCCCCCCCCCCCCC(=O)OC(COC(=O)CCCCCCCCCCCCCCCCCCC/C=C\C/C=C\CCCCCCC)COC(OCC[N+](C)(C)C)C(=O)[O-]. The summed E-state index contributed by atoms with van der Waals surface area (Å²) in [6, 6.07) is 0. The Labute approximate surface area is 524 Å². The number of carboxylic acids is 1. The molecule has 0 bridgehead atoms. The molecule has 0 aromatic heterocycles. The van der Waals surface area contributed by atoms with E-state index >= 15 is 0 Å². The Kier molecular flexibility index (Phi) is 63.2. The van der Waals surface area contributed by atoms with Crippen molar-refractivity contribution in [2.75, 3.05) is 47.5 Å². The number of hydrogen-bond acceptors (Lipinski definition) is 8. The summed E-state index contributed by atoms with van der Waals surface area (Å²) < 4.78 is 22.8. The van der Waals surface area contributed by atoms with Gasteiger partial charge in [0.2, 0.25) is 0 Å². The maximum atomic E-state index is 12.9. The zero-order chi connectivity index (χ0) is 61.9. The summed E-state index contributed by atoms with van der Waals surface area (Å²) in [5, 5.41) is 11.8. The molecule has 490 valence electrons. The molecule has 0 aliphatic heterocycles. The van der Waals surface area contributed by atoms with Crippen LogP contribution in [0.1, 0.15) is 309 Å². The number of carbonyl (C=O) groups is 3. The Bertz CT molecular complexity index is 1720. The van der Waals surface area contributed by atoms with Gasteiger partial charge in [-0.25, -0.2) is 0 Å². The predicted molar refractivity (Wildman–Crippen MR) is 361 cm³/mol. The van der Waals surface area contributed by atoms with Crippen molar-refractivity contribution in [2.45, 2.75) is 322 Å². The number of ether oxygens (including phenoxy) is 4. The molecule has 2 atom stereocenters. The second-order valence-electron chi connectivity index (χ2n) is 24.8. The highest BCUT2D eigenvalue weighted by Gasteiger charge is 2.22. The van der Waals surface area contributed by atoms with Crippen LogP contribution in [0.3, 0.4) is 0 Å². The summed E-state index contributed by atoms with van der Waals surface area (Å²) in [5.41, 5.74) is 0. The van der Waals surface area contributed by atoms with Crippen molar-refractivity contribution in [3.8, 4) is 0 Å². The third-order valence-electron chi connectivity index (χ3n) is 15.3. The van der Waals surface area contributed by atoms with Gasteiger partial charge in [0.15, 0.2) is 12.4 Å². The number of unbranched alkanes of at least 4 members (excludes halogenated alkanes) is 34. The maximum absolute atomic E-state index is 12.9. The van der Waals surface area contributed by atoms with Crippen LogP contribution in [-0.2, 0) is 33.3 Å². The average molecular weight is 1190 g/mol. The third-order valence-corrected chi connectivity index (χ3v) is 15.3. The Morgan fingerprint density at radius 2 is 0.671 bits per heavy atom. The highest BCUT2D eigenvalue weighted by atomic mass is 16.7. The maximum Gasteiger partial charge on any atom is 0.306 e. The van der Waals surface area contributed by atoms with Crippen molar-refractivity contribution in [3.05, 3.63) is 97.2 Å². The van der Waals surface area contributed by atoms with Crippen molar-refractivity contribution >= 4 is 17.9 Å². The number of carbonyl (C=O) groups excluding carboxylic acids is 3. The fourth-order valence-electron chi connectivity index (χ4n) is 9.93. The van der Waals surface area contributed by atoms with Gasteiger partial charge in [0.05, 0.1) is 40.3 Å². The topological polar surface area (TPSA) is 111 Å². The van der Waals surface area contributed by atoms with E-state index in [1.54, 1.807) is 0 Å². The first kappa shape index (κ1) is 81.2. The third kappa shape index (κ3) is 67.6. The van der Waals surface area contributed by atoms with E-state index in [2.05, 4.69) is 111 Å². The fraction of sp³-hybridized carbons (Fsp3) is 0.750. The molecule has 0 aromatic rings. The number of quaternary nitrogens is 1. The van der Waals surface area contributed by atoms with Crippen LogP contribution >= 0.6 is 0 Å². The molecular weight excluding hydrogens is 1050 g/mol. The molecule has 0 heterocycles. The van der Waals surface area contributed by atoms with E-state index in [-0.39, 0.29) is 32.2 Å². The molecule has 0 amide bonds. The summed E-state index contributed by atoms with van der Waals surface area (Å²) >= 11 is 0. The first-order chi connectivity index (χ1) is 41.6. The van der Waals surface area contributed by atoms with Crippen molar-refractivity contribution in [2.24, 2.45) is 0 Å². The summed E-state index contributed by atoms with van der Waals surface area (Å²) in [6.45, 7) is 4.65. The van der Waals surface area contributed by atoms with E-state index in [4.69, 9.17) is 18.9 Å². The lowest BCUT2D eigenvalue weighted by Gasteiger charge is -2.26. The number of aliphatic carboxylic acids is 1. The number of carboxylic acid groups (broad SMARTS) is 1. The number of esters is 2. The van der Waals surface area contributed by atoms with Crippen LogP contribution in [-0.4, -0.2) is 82.3 Å². The molecule has 0 aliphatic rings. The zero-order valence-corrected chi connectivity index (χ0v) is 56.0. The molecule has 0 fully saturated rings. The molecule has 0 aliphatic carbocycles. The highest BCUT2D eigenvalue weighted by Crippen LogP contribution is 2.17. The van der Waals surface area contributed by atoms with Crippen LogP contribution in [0.2, 0.25) is 0 Å². The van der Waals surface area contributed by atoms with Gasteiger partial charge in [0.1, 0.15) is 13.2 Å². The largest absolute Gasteiger partial charge is 0.545 e. The van der Waals surface area contributed by atoms with E-state index < -0.39 is 24.3 Å². The normalized spacial score (nSPS) is 13.3. The minimum Gasteiger partial charge on any atom is -0.545 e. The second-order valence-corrected chi connectivity index (χ2v) is 24.8. The first-order valence-electron chi connectivity index (χ1n) is 35.4. The van der Waals surface area contributed by atoms with Crippen LogP contribution in [0.15, 0.2) is 97.2 Å². The smallest absolute Gasteiger partial charge is 0.306 e. The van der Waals surface area contributed by atoms with Gasteiger partial charge in [0.25, 0.3) is 0 Å². The molecular formula is C76H133NO8. The number of likely N-dealkylation sites (N-methyl/N-ethyl adjacent to an activating group) is 1. The second kappa shape index (κ2) is 66.2. The molecule has 0 aromatic carbocycles. The molecule has 0 N–H and O–H groups in total. The molecule has 0 rings (SSSR count). The first-order valence-corrected chi connectivity index (χ1v) is 35.4. The van der Waals surface area contributed by atoms with Crippen molar-refractivity contribution in [1.82, 2.24) is 0 Å². The molecule has 0 saturated carbocycles. The molecule has 2 unspecified atom stereocenters. The number of hydrogen-bond donors (Lipinski definition) is 0. The number of rotatable bonds is 65. The van der Waals surface area contributed by atoms with Gasteiger partial charge in [-0.2, -0.15) is 0 Å². The molecule has 85 heavy (non-hydrogen) atoms. The quantitative estimate of drug-likeness (QED) is 0.0195. The number of allylic oxidation sites excluding steroid dienone is 16. The summed E-state index contributed by atoms with van der Waals surface area (Å²) in [7, 11) is 5.93. The highest BCUT2D eigenvalue weighted by molar-refractivity contribution is 5.70. The Balaban J connectivity index is 4.12. The van der Waals surface area contributed by atoms with Gasteiger partial charge in [-0.3, -0.25) is 9.59 Å². The van der Waals surface area contributed by atoms with Gasteiger partial charge in [-0.05, 0) is 96.3 Å². The van der Waals surface area contributed by atoms with Crippen molar-refractivity contribution in [3.63, 3.8) is 0 Å². The van der Waals surface area contributed by atoms with Crippen molar-refractivity contribution in [1.29, 1.82) is 0 Å². The molecule has 0 radical (unpaired) electrons. The molecule has 9 nitrogen and oxygen atoms in total. The Morgan fingerprint density at radius 1 is 0.365 bits per heavy atom. The van der Waals surface area contributed by atoms with Crippen LogP contribution < -0.4 is 5.11 Å². The summed E-state index contributed by atoms with van der Waals surface area (Å²) in [5.74, 6) is -2.28. The fourth-order valence-corrected chi connectivity index (χ4v) is 9.93. The molecule has 9 heteroatoms. The zero-order valence-electron chi connectivity index (χ0n) is 56.0. The van der Waals surface area contributed by atoms with Gasteiger partial charge < -0.3 is 33.3 Å². The van der Waals surface area contributed by atoms with Crippen LogP contribution in [0.4, 0.5) is 0 Å². The Hall–Kier alpha value is -3.79. The minimum absolute atomic E-state index is 0.145. The van der Waals surface area contributed by atoms with Crippen molar-refractivity contribution < 1.29 is 42.9 Å². The van der Waals surface area contributed by atoms with E-state index in [0.29, 0.717) is 23.9 Å². The van der Waals surface area contributed by atoms with Crippen LogP contribution in [0.25, 0.3) is 0 Å². The van der Waals surface area contributed by atoms with Gasteiger partial charge >= 0.3 is 11.9 Å². The molecule has 0 spiro atoms. The van der Waals surface area contributed by atoms with E-state index in [1.165, 1.54) is 193 Å². The Morgan fingerprint density at radius 3 is 1.00 bits per heavy atom. The van der Waals surface area contributed by atoms with Gasteiger partial charge in [0, 0.05) is 12.8 Å². The lowest BCUT2D eigenvalue weighted by molar-refractivity contribution is -0.870. The number of nitrogens with zero attached hydrogens (tertiary/aromatic N) is 1. The van der Waals surface area contributed by atoms with E-state index in [0.717, 1.165) is 83.5 Å². The van der Waals surface area contributed by atoms with Gasteiger partial charge in [-0.1, -0.05) is 297 Å². The van der Waals surface area contributed by atoms with Crippen LogP contribution in [0, 0.1) is 0 Å². The average Bonchev–Trinajstić information content (AvgIpc) is 3.49. The lowest BCUT2D eigenvalue weighted by Crippen LogP contribution is -2.44. The van der Waals surface area contributed by atoms with Gasteiger partial charge in [-0.15, -0.1) is 0 Å². The van der Waals surface area contributed by atoms with Crippen LogP contribution in [0.5, 0.6) is 0 Å². The standard InChI is InChI=1S/C76H133NO8/c1-6-8-10-12-14-16-18-20-22-24-26-28-30-32-34-36-37-39-41-43-45-47-49-51-53-55-57-59-61-63-65-67-74(79)85-72(71-84-76(75(80)81)82-69-68-77(3,4)5)70-83-73(78)66-64-62-60-58-56-54-52-50-48-46-44-42-40-38-35-33-31-29-27-25-23-21-19-17-15-13-11-9-7-2/h8,10,14,16,19-22,25-28,32,34,37,39,72,76H,6-7,9,11-13,15,17-18,23-24,29-31,33,35-36,38,40-71H2,1-5H3/b10-8-,16-14-,21-19-,22-20-,27-25-,28-26-,34-32-,39-37-. The summed E-state index contributed by atoms with van der Waals surface area (Å²) in [6.07, 6.45) is 87.7. The lowest BCUT2D eigenvalue weighted by atomic mass is 10.0. The summed E-state index contributed by atoms with van der Waals surface area (Å²) in [4.78, 5) is 37.5. The van der Waals surface area contributed by atoms with E-state index in [9.17, 15) is 19.5 Å². The monoisotopic (exact) mass is 1190 g/mol. The predicted octanol–water partition coefficient (Wildman–Crippen LogP) is 20.7.